The number of morpholine rings is 1. The molecule has 0 aliphatic carbocycles. The number of nitrogens with one attached hydrogen (secondary N) is 2. The number of benzene rings is 1. The van der Waals surface area contributed by atoms with Crippen LogP contribution in [0.25, 0.3) is 6.08 Å². The van der Waals surface area contributed by atoms with Crippen LogP contribution in [0.15, 0.2) is 35.7 Å². The first-order chi connectivity index (χ1) is 12.6. The summed E-state index contributed by atoms with van der Waals surface area (Å²) in [6, 6.07) is 7.77. The molecule has 1 aliphatic heterocycles. The van der Waals surface area contributed by atoms with Crippen LogP contribution in [0, 0.1) is 6.92 Å². The maximum Gasteiger partial charge on any atom is 0.289 e. The fourth-order valence-corrected chi connectivity index (χ4v) is 3.30. The van der Waals surface area contributed by atoms with E-state index in [-0.39, 0.29) is 5.69 Å². The van der Waals surface area contributed by atoms with E-state index in [1.54, 1.807) is 11.5 Å². The molecule has 0 bridgehead atoms. The minimum absolute atomic E-state index is 0.277. The van der Waals surface area contributed by atoms with Crippen molar-refractivity contribution in [2.24, 2.45) is 0 Å². The Labute approximate surface area is 155 Å². The van der Waals surface area contributed by atoms with Crippen LogP contribution in [0.1, 0.15) is 21.6 Å². The lowest BCUT2D eigenvalue weighted by molar-refractivity contribution is -0.117. The zero-order valence-corrected chi connectivity index (χ0v) is 15.2. The number of amides is 2. The lowest BCUT2D eigenvalue weighted by Gasteiger charge is -2.25. The van der Waals surface area contributed by atoms with Gasteiger partial charge in [0.25, 0.3) is 11.8 Å². The average Bonchev–Trinajstić information content (AvgIpc) is 3.15. The van der Waals surface area contributed by atoms with Gasteiger partial charge < -0.3 is 9.64 Å². The number of rotatable bonds is 4. The van der Waals surface area contributed by atoms with Gasteiger partial charge >= 0.3 is 0 Å². The number of hydrazine groups is 1. The Morgan fingerprint density at radius 3 is 2.85 bits per heavy atom. The zero-order valence-electron chi connectivity index (χ0n) is 14.4. The smallest absolute Gasteiger partial charge is 0.289 e. The molecule has 0 radical (unpaired) electrons. The van der Waals surface area contributed by atoms with Crippen molar-refractivity contribution in [3.63, 3.8) is 0 Å². The Morgan fingerprint density at radius 2 is 2.08 bits per heavy atom. The van der Waals surface area contributed by atoms with E-state index in [2.05, 4.69) is 20.7 Å². The van der Waals surface area contributed by atoms with Gasteiger partial charge in [-0.3, -0.25) is 20.4 Å². The maximum atomic E-state index is 12.1. The molecule has 0 saturated carbocycles. The van der Waals surface area contributed by atoms with E-state index in [0.29, 0.717) is 13.2 Å². The first kappa shape index (κ1) is 18.1. The van der Waals surface area contributed by atoms with Crippen molar-refractivity contribution in [1.82, 2.24) is 15.8 Å². The molecular weight excluding hydrogens is 352 g/mol. The molecule has 136 valence electrons. The number of ether oxygens (including phenoxy) is 1. The van der Waals surface area contributed by atoms with Gasteiger partial charge in [0.05, 0.1) is 13.2 Å². The third-order valence-electron chi connectivity index (χ3n) is 3.77. The van der Waals surface area contributed by atoms with E-state index in [1.807, 2.05) is 31.2 Å². The predicted octanol–water partition coefficient (Wildman–Crippen LogP) is 1.76. The molecule has 0 unspecified atom stereocenters. The van der Waals surface area contributed by atoms with Crippen molar-refractivity contribution in [1.29, 1.82) is 0 Å². The van der Waals surface area contributed by atoms with Gasteiger partial charge in [-0.2, -0.15) is 0 Å². The Morgan fingerprint density at radius 1 is 1.27 bits per heavy atom. The summed E-state index contributed by atoms with van der Waals surface area (Å²) < 4.78 is 5.30. The van der Waals surface area contributed by atoms with E-state index >= 15 is 0 Å². The molecule has 2 N–H and O–H groups in total. The second-order valence-electron chi connectivity index (χ2n) is 5.81. The van der Waals surface area contributed by atoms with Crippen molar-refractivity contribution in [2.45, 2.75) is 6.92 Å². The van der Waals surface area contributed by atoms with Crippen LogP contribution in [-0.4, -0.2) is 43.1 Å². The molecule has 2 aromatic rings. The monoisotopic (exact) mass is 372 g/mol. The average molecular weight is 372 g/mol. The van der Waals surface area contributed by atoms with Gasteiger partial charge in [-0.1, -0.05) is 29.8 Å². The normalized spacial score (nSPS) is 14.4. The molecule has 1 fully saturated rings. The fraction of sp³-hybridized carbons (Fsp3) is 0.278. The number of carbonyl (C=O) groups excluding carboxylic acids is 2. The number of nitrogens with zero attached hydrogens (tertiary/aromatic N) is 2. The fourth-order valence-electron chi connectivity index (χ4n) is 2.44. The maximum absolute atomic E-state index is 12.1. The summed E-state index contributed by atoms with van der Waals surface area (Å²) >= 11 is 1.40. The van der Waals surface area contributed by atoms with E-state index in [9.17, 15) is 9.59 Å². The van der Waals surface area contributed by atoms with Crippen LogP contribution in [-0.2, 0) is 9.53 Å². The Kier molecular flexibility index (Phi) is 5.98. The van der Waals surface area contributed by atoms with Gasteiger partial charge in [0.2, 0.25) is 0 Å². The molecule has 0 atom stereocenters. The summed E-state index contributed by atoms with van der Waals surface area (Å²) in [5, 5.41) is 2.46. The summed E-state index contributed by atoms with van der Waals surface area (Å²) in [4.78, 5) is 30.4. The molecule has 1 saturated heterocycles. The molecule has 0 spiro atoms. The highest BCUT2D eigenvalue weighted by atomic mass is 32.1. The minimum Gasteiger partial charge on any atom is -0.378 e. The Balaban J connectivity index is 1.50. The highest BCUT2D eigenvalue weighted by molar-refractivity contribution is 7.13. The van der Waals surface area contributed by atoms with Gasteiger partial charge in [0.15, 0.2) is 5.13 Å². The van der Waals surface area contributed by atoms with Crippen LogP contribution < -0.4 is 15.8 Å². The third kappa shape index (κ3) is 4.90. The van der Waals surface area contributed by atoms with Crippen LogP contribution >= 0.6 is 11.3 Å². The first-order valence-electron chi connectivity index (χ1n) is 8.25. The van der Waals surface area contributed by atoms with E-state index < -0.39 is 11.8 Å². The number of hydrogen-bond acceptors (Lipinski definition) is 6. The van der Waals surface area contributed by atoms with E-state index in [0.717, 1.165) is 29.3 Å². The summed E-state index contributed by atoms with van der Waals surface area (Å²) in [5.41, 5.74) is 7.04. The number of hydrogen-bond donors (Lipinski definition) is 2. The number of aromatic nitrogens is 1. The topological polar surface area (TPSA) is 83.6 Å². The van der Waals surface area contributed by atoms with Gasteiger partial charge in [-0.05, 0) is 18.6 Å². The minimum atomic E-state index is -0.446. The van der Waals surface area contributed by atoms with Crippen molar-refractivity contribution >= 4 is 34.4 Å². The summed E-state index contributed by atoms with van der Waals surface area (Å²) in [6.45, 7) is 4.82. The quantitative estimate of drug-likeness (QED) is 0.631. The van der Waals surface area contributed by atoms with E-state index in [4.69, 9.17) is 4.74 Å². The molecule has 3 rings (SSSR count). The van der Waals surface area contributed by atoms with Crippen molar-refractivity contribution in [2.75, 3.05) is 31.2 Å². The highest BCUT2D eigenvalue weighted by Crippen LogP contribution is 2.21. The number of thiazole rings is 1. The lowest BCUT2D eigenvalue weighted by Crippen LogP contribution is -2.41. The van der Waals surface area contributed by atoms with Gasteiger partial charge in [-0.15, -0.1) is 11.3 Å². The lowest BCUT2D eigenvalue weighted by atomic mass is 10.1. The van der Waals surface area contributed by atoms with Gasteiger partial charge in [-0.25, -0.2) is 4.98 Å². The molecule has 26 heavy (non-hydrogen) atoms. The Bertz CT molecular complexity index is 812. The molecule has 8 heteroatoms. The highest BCUT2D eigenvalue weighted by Gasteiger charge is 2.17. The second-order valence-corrected chi connectivity index (χ2v) is 6.64. The summed E-state index contributed by atoms with van der Waals surface area (Å²) in [6.07, 6.45) is 3.06. The summed E-state index contributed by atoms with van der Waals surface area (Å²) in [7, 11) is 0. The molecule has 1 aliphatic rings. The van der Waals surface area contributed by atoms with Crippen LogP contribution in [0.3, 0.4) is 0 Å². The molecule has 2 amide bonds. The van der Waals surface area contributed by atoms with Crippen molar-refractivity contribution in [3.05, 3.63) is 52.5 Å². The van der Waals surface area contributed by atoms with Crippen molar-refractivity contribution < 1.29 is 14.3 Å². The largest absolute Gasteiger partial charge is 0.378 e. The number of aryl methyl sites for hydroxylation is 1. The zero-order chi connectivity index (χ0) is 18.4. The van der Waals surface area contributed by atoms with Crippen LogP contribution in [0.5, 0.6) is 0 Å². The van der Waals surface area contributed by atoms with Crippen LogP contribution in [0.2, 0.25) is 0 Å². The molecule has 1 aromatic heterocycles. The van der Waals surface area contributed by atoms with E-state index in [1.165, 1.54) is 17.4 Å². The van der Waals surface area contributed by atoms with Crippen molar-refractivity contribution in [3.8, 4) is 0 Å². The molecule has 1 aromatic carbocycles. The predicted molar refractivity (Wildman–Crippen MR) is 101 cm³/mol. The molecule has 2 heterocycles. The standard InChI is InChI=1S/C18H20N4O3S/c1-13-3-2-4-14(11-13)5-6-16(23)20-21-17(24)15-12-26-18(19-15)22-7-9-25-10-8-22/h2-6,11-12H,7-10H2,1H3,(H,20,23)(H,21,24)/b6-5+. The number of anilines is 1. The van der Waals surface area contributed by atoms with Crippen LogP contribution in [0.4, 0.5) is 5.13 Å². The molecular formula is C18H20N4O3S. The van der Waals surface area contributed by atoms with Gasteiger partial charge in [0.1, 0.15) is 5.69 Å². The molecule has 7 nitrogen and oxygen atoms in total. The Hall–Kier alpha value is -2.71. The summed E-state index contributed by atoms with van der Waals surface area (Å²) in [5.74, 6) is -0.860. The SMILES string of the molecule is Cc1cccc(/C=C/C(=O)NNC(=O)c2csc(N3CCOCC3)n2)c1. The second kappa shape index (κ2) is 8.59. The number of carbonyl (C=O) groups is 2. The first-order valence-corrected chi connectivity index (χ1v) is 9.13. The third-order valence-corrected chi connectivity index (χ3v) is 4.68. The van der Waals surface area contributed by atoms with Gasteiger partial charge in [0, 0.05) is 24.5 Å².